The molecule has 1 atom stereocenters. The SMILES string of the molecule is COC(=O)C(c1ccccc1)c1ccc(O)c(Cl)c1. The van der Waals surface area contributed by atoms with Crippen LogP contribution in [0.1, 0.15) is 17.0 Å². The molecule has 1 unspecified atom stereocenters. The third kappa shape index (κ3) is 2.88. The Morgan fingerprint density at radius 1 is 1.16 bits per heavy atom. The van der Waals surface area contributed by atoms with Crippen LogP contribution in [0.5, 0.6) is 5.75 Å². The molecule has 0 spiro atoms. The predicted molar refractivity (Wildman–Crippen MR) is 73.4 cm³/mol. The molecule has 0 aliphatic heterocycles. The summed E-state index contributed by atoms with van der Waals surface area (Å²) in [4.78, 5) is 12.0. The lowest BCUT2D eigenvalue weighted by molar-refractivity contribution is -0.141. The van der Waals surface area contributed by atoms with Crippen LogP contribution in [0.3, 0.4) is 0 Å². The zero-order valence-electron chi connectivity index (χ0n) is 10.3. The molecule has 0 fully saturated rings. The second-order valence-corrected chi connectivity index (χ2v) is 4.48. The summed E-state index contributed by atoms with van der Waals surface area (Å²) in [7, 11) is 1.35. The highest BCUT2D eigenvalue weighted by Gasteiger charge is 2.24. The Bertz CT molecular complexity index is 581. The smallest absolute Gasteiger partial charge is 0.317 e. The lowest BCUT2D eigenvalue weighted by atomic mass is 9.91. The summed E-state index contributed by atoms with van der Waals surface area (Å²) in [5, 5.41) is 9.65. The first kappa shape index (κ1) is 13.4. The van der Waals surface area contributed by atoms with Gasteiger partial charge in [0.1, 0.15) is 11.7 Å². The van der Waals surface area contributed by atoms with Gasteiger partial charge in [0, 0.05) is 0 Å². The summed E-state index contributed by atoms with van der Waals surface area (Å²) >= 11 is 5.89. The summed E-state index contributed by atoms with van der Waals surface area (Å²) in [6.45, 7) is 0. The van der Waals surface area contributed by atoms with E-state index in [1.807, 2.05) is 30.3 Å². The normalized spacial score (nSPS) is 11.9. The van der Waals surface area contributed by atoms with E-state index >= 15 is 0 Å². The number of benzene rings is 2. The predicted octanol–water partition coefficient (Wildman–Crippen LogP) is 3.35. The Balaban J connectivity index is 2.49. The van der Waals surface area contributed by atoms with Crippen LogP contribution in [0.15, 0.2) is 48.5 Å². The van der Waals surface area contributed by atoms with Crippen molar-refractivity contribution in [1.29, 1.82) is 0 Å². The highest BCUT2D eigenvalue weighted by molar-refractivity contribution is 6.32. The number of hydrogen-bond donors (Lipinski definition) is 1. The lowest BCUT2D eigenvalue weighted by Crippen LogP contribution is -2.15. The maximum Gasteiger partial charge on any atom is 0.317 e. The van der Waals surface area contributed by atoms with Crippen LogP contribution >= 0.6 is 11.6 Å². The number of phenols is 1. The van der Waals surface area contributed by atoms with Gasteiger partial charge in [-0.3, -0.25) is 4.79 Å². The van der Waals surface area contributed by atoms with E-state index in [0.29, 0.717) is 5.56 Å². The number of halogens is 1. The van der Waals surface area contributed by atoms with Gasteiger partial charge in [-0.25, -0.2) is 0 Å². The number of methoxy groups -OCH3 is 1. The van der Waals surface area contributed by atoms with Gasteiger partial charge in [0.05, 0.1) is 12.1 Å². The Morgan fingerprint density at radius 2 is 1.84 bits per heavy atom. The van der Waals surface area contributed by atoms with E-state index in [-0.39, 0.29) is 16.7 Å². The molecule has 0 aromatic heterocycles. The first-order chi connectivity index (χ1) is 9.13. The second-order valence-electron chi connectivity index (χ2n) is 4.08. The van der Waals surface area contributed by atoms with E-state index < -0.39 is 5.92 Å². The maximum atomic E-state index is 12.0. The molecule has 1 N–H and O–H groups in total. The molecular formula is C15H13ClO3. The molecule has 0 amide bonds. The molecule has 0 bridgehead atoms. The minimum absolute atomic E-state index is 0.0119. The Morgan fingerprint density at radius 3 is 2.42 bits per heavy atom. The topological polar surface area (TPSA) is 46.5 Å². The van der Waals surface area contributed by atoms with Crippen LogP contribution in [0.25, 0.3) is 0 Å². The van der Waals surface area contributed by atoms with Gasteiger partial charge in [0.2, 0.25) is 0 Å². The van der Waals surface area contributed by atoms with E-state index in [2.05, 4.69) is 0 Å². The third-order valence-corrected chi connectivity index (χ3v) is 3.18. The monoisotopic (exact) mass is 276 g/mol. The van der Waals surface area contributed by atoms with Crippen LogP contribution in [-0.4, -0.2) is 18.2 Å². The minimum Gasteiger partial charge on any atom is -0.506 e. The molecule has 3 nitrogen and oxygen atoms in total. The van der Waals surface area contributed by atoms with Crippen LogP contribution in [0.2, 0.25) is 5.02 Å². The molecule has 2 aromatic rings. The summed E-state index contributed by atoms with van der Waals surface area (Å²) in [6.07, 6.45) is 0. The summed E-state index contributed by atoms with van der Waals surface area (Å²) < 4.78 is 4.85. The van der Waals surface area contributed by atoms with Crippen molar-refractivity contribution in [2.45, 2.75) is 5.92 Å². The minimum atomic E-state index is -0.552. The Kier molecular flexibility index (Phi) is 4.07. The molecule has 2 aromatic carbocycles. The van der Waals surface area contributed by atoms with Crippen LogP contribution < -0.4 is 0 Å². The molecule has 4 heteroatoms. The quantitative estimate of drug-likeness (QED) is 0.875. The van der Waals surface area contributed by atoms with Gasteiger partial charge in [-0.15, -0.1) is 0 Å². The van der Waals surface area contributed by atoms with E-state index in [9.17, 15) is 9.90 Å². The Labute approximate surface area is 116 Å². The molecule has 2 rings (SSSR count). The lowest BCUT2D eigenvalue weighted by Gasteiger charge is -2.16. The number of carbonyl (C=O) groups is 1. The zero-order valence-corrected chi connectivity index (χ0v) is 11.1. The van der Waals surface area contributed by atoms with Crippen LogP contribution in [-0.2, 0) is 9.53 Å². The van der Waals surface area contributed by atoms with Crippen molar-refractivity contribution in [2.24, 2.45) is 0 Å². The Hall–Kier alpha value is -2.00. The van der Waals surface area contributed by atoms with Gasteiger partial charge in [0.25, 0.3) is 0 Å². The number of carbonyl (C=O) groups excluding carboxylic acids is 1. The fourth-order valence-electron chi connectivity index (χ4n) is 1.93. The molecule has 0 radical (unpaired) electrons. The average Bonchev–Trinajstić information content (AvgIpc) is 2.44. The van der Waals surface area contributed by atoms with Crippen molar-refractivity contribution in [2.75, 3.05) is 7.11 Å². The first-order valence-corrected chi connectivity index (χ1v) is 6.12. The summed E-state index contributed by atoms with van der Waals surface area (Å²) in [6, 6.07) is 14.0. The van der Waals surface area contributed by atoms with Gasteiger partial charge in [-0.05, 0) is 23.3 Å². The number of hydrogen-bond acceptors (Lipinski definition) is 3. The van der Waals surface area contributed by atoms with Gasteiger partial charge in [-0.1, -0.05) is 48.0 Å². The van der Waals surface area contributed by atoms with Crippen molar-refractivity contribution >= 4 is 17.6 Å². The van der Waals surface area contributed by atoms with E-state index in [4.69, 9.17) is 16.3 Å². The third-order valence-electron chi connectivity index (χ3n) is 2.87. The standard InChI is InChI=1S/C15H13ClO3/c1-19-15(18)14(10-5-3-2-4-6-10)11-7-8-13(17)12(16)9-11/h2-9,14,17H,1H3. The maximum absolute atomic E-state index is 12.0. The van der Waals surface area contributed by atoms with Crippen molar-refractivity contribution in [3.05, 3.63) is 64.7 Å². The summed E-state index contributed by atoms with van der Waals surface area (Å²) in [5.74, 6) is -0.931. The molecule has 0 saturated heterocycles. The van der Waals surface area contributed by atoms with Gasteiger partial charge in [-0.2, -0.15) is 0 Å². The highest BCUT2D eigenvalue weighted by Crippen LogP contribution is 2.31. The van der Waals surface area contributed by atoms with E-state index in [0.717, 1.165) is 5.56 Å². The summed E-state index contributed by atoms with van der Waals surface area (Å²) in [5.41, 5.74) is 1.50. The largest absolute Gasteiger partial charge is 0.506 e. The molecule has 0 aliphatic carbocycles. The number of phenolic OH excluding ortho intramolecular Hbond substituents is 1. The van der Waals surface area contributed by atoms with Gasteiger partial charge in [0.15, 0.2) is 0 Å². The van der Waals surface area contributed by atoms with E-state index in [1.54, 1.807) is 12.1 Å². The molecule has 98 valence electrons. The highest BCUT2D eigenvalue weighted by atomic mass is 35.5. The fraction of sp³-hybridized carbons (Fsp3) is 0.133. The van der Waals surface area contributed by atoms with Crippen molar-refractivity contribution < 1.29 is 14.6 Å². The number of aromatic hydroxyl groups is 1. The second kappa shape index (κ2) is 5.76. The van der Waals surface area contributed by atoms with Crippen molar-refractivity contribution in [3.63, 3.8) is 0 Å². The molecular weight excluding hydrogens is 264 g/mol. The number of esters is 1. The van der Waals surface area contributed by atoms with Crippen LogP contribution in [0.4, 0.5) is 0 Å². The van der Waals surface area contributed by atoms with Crippen LogP contribution in [0, 0.1) is 0 Å². The van der Waals surface area contributed by atoms with Crippen molar-refractivity contribution in [3.8, 4) is 5.75 Å². The van der Waals surface area contributed by atoms with Gasteiger partial charge < -0.3 is 9.84 Å². The number of ether oxygens (including phenoxy) is 1. The molecule has 0 aliphatic rings. The number of rotatable bonds is 3. The van der Waals surface area contributed by atoms with Crippen molar-refractivity contribution in [1.82, 2.24) is 0 Å². The molecule has 19 heavy (non-hydrogen) atoms. The average molecular weight is 277 g/mol. The molecule has 0 saturated carbocycles. The molecule has 0 heterocycles. The van der Waals surface area contributed by atoms with Gasteiger partial charge >= 0.3 is 5.97 Å². The van der Waals surface area contributed by atoms with E-state index in [1.165, 1.54) is 13.2 Å². The first-order valence-electron chi connectivity index (χ1n) is 5.74. The zero-order chi connectivity index (χ0) is 13.8. The fourth-order valence-corrected chi connectivity index (χ4v) is 2.12.